The number of carbonyl (C=O) groups is 1. The van der Waals surface area contributed by atoms with Crippen molar-refractivity contribution in [2.75, 3.05) is 6.26 Å². The van der Waals surface area contributed by atoms with Crippen molar-refractivity contribution in [2.45, 2.75) is 37.9 Å². The molecule has 3 heteroatoms. The van der Waals surface area contributed by atoms with Crippen LogP contribution in [0.3, 0.4) is 0 Å². The van der Waals surface area contributed by atoms with Crippen LogP contribution in [0.1, 0.15) is 33.1 Å². The van der Waals surface area contributed by atoms with E-state index in [2.05, 4.69) is 38.4 Å². The van der Waals surface area contributed by atoms with E-state index in [9.17, 15) is 4.79 Å². The molecule has 0 amide bonds. The minimum atomic E-state index is 0.0741. The molecule has 5 unspecified atom stereocenters. The number of thioether (sulfide) groups is 1. The first-order valence-corrected chi connectivity index (χ1v) is 7.58. The van der Waals surface area contributed by atoms with Gasteiger partial charge in [-0.2, -0.15) is 11.8 Å². The van der Waals surface area contributed by atoms with Gasteiger partial charge in [0.1, 0.15) is 0 Å². The fourth-order valence-electron chi connectivity index (χ4n) is 4.45. The van der Waals surface area contributed by atoms with Gasteiger partial charge in [-0.05, 0) is 55.6 Å². The lowest BCUT2D eigenvalue weighted by molar-refractivity contribution is -0.104. The molecule has 3 aliphatic rings. The van der Waals surface area contributed by atoms with Crippen molar-refractivity contribution in [3.63, 3.8) is 0 Å². The van der Waals surface area contributed by atoms with E-state index in [1.54, 1.807) is 12.8 Å². The maximum atomic E-state index is 9.28. The summed E-state index contributed by atoms with van der Waals surface area (Å²) in [5.41, 5.74) is 5.69. The second-order valence-electron chi connectivity index (χ2n) is 6.17. The third-order valence-corrected chi connectivity index (χ3v) is 6.60. The number of allylic oxidation sites excluding steroid dienone is 1. The molecule has 0 aromatic rings. The molecule has 2 nitrogen and oxygen atoms in total. The molecule has 3 saturated carbocycles. The number of hydrogen-bond acceptors (Lipinski definition) is 3. The molecular weight excluding hydrogens is 230 g/mol. The van der Waals surface area contributed by atoms with Gasteiger partial charge in [0.05, 0.1) is 5.70 Å². The van der Waals surface area contributed by atoms with Gasteiger partial charge in [-0.3, -0.25) is 4.79 Å². The first kappa shape index (κ1) is 13.0. The van der Waals surface area contributed by atoms with Gasteiger partial charge in [-0.25, -0.2) is 0 Å². The Morgan fingerprint density at radius 2 is 2.06 bits per heavy atom. The smallest absolute Gasteiger partial charge is 0.165 e. The summed E-state index contributed by atoms with van der Waals surface area (Å²) >= 11 is 2.14. The predicted octanol–water partition coefficient (Wildman–Crippen LogP) is 2.83. The molecule has 0 aromatic heterocycles. The van der Waals surface area contributed by atoms with E-state index >= 15 is 0 Å². The Labute approximate surface area is 108 Å². The van der Waals surface area contributed by atoms with Gasteiger partial charge in [-0.1, -0.05) is 13.5 Å². The van der Waals surface area contributed by atoms with E-state index in [0.717, 1.165) is 23.2 Å². The van der Waals surface area contributed by atoms with Crippen LogP contribution in [-0.2, 0) is 4.79 Å². The van der Waals surface area contributed by atoms with Crippen molar-refractivity contribution < 1.29 is 4.79 Å². The van der Waals surface area contributed by atoms with Crippen LogP contribution in [0.25, 0.3) is 0 Å². The van der Waals surface area contributed by atoms with Crippen LogP contribution in [0.4, 0.5) is 0 Å². The maximum Gasteiger partial charge on any atom is 0.165 e. The number of aldehydes is 1. The zero-order chi connectivity index (χ0) is 12.8. The van der Waals surface area contributed by atoms with Gasteiger partial charge < -0.3 is 5.73 Å². The Kier molecular flexibility index (Phi) is 3.09. The highest BCUT2D eigenvalue weighted by Gasteiger charge is 2.80. The summed E-state index contributed by atoms with van der Waals surface area (Å²) in [4.78, 5) is 9.28. The highest BCUT2D eigenvalue weighted by molar-refractivity contribution is 8.00. The standard InChI is InChI=1S/C11H18S.C3H5NO/c1-7-4-8-10(2,12-3)9-6-11(8,9)5-7;1-3(4)2-5/h7-9H,4-6H2,1-3H3;2H,1,4H2. The van der Waals surface area contributed by atoms with Crippen molar-refractivity contribution in [3.8, 4) is 0 Å². The molecule has 3 fully saturated rings. The quantitative estimate of drug-likeness (QED) is 0.608. The molecule has 0 aliphatic heterocycles. The second kappa shape index (κ2) is 4.04. The summed E-state index contributed by atoms with van der Waals surface area (Å²) in [6.07, 6.45) is 7.46. The second-order valence-corrected chi connectivity index (χ2v) is 7.46. The van der Waals surface area contributed by atoms with Gasteiger partial charge in [0.25, 0.3) is 0 Å². The van der Waals surface area contributed by atoms with E-state index in [-0.39, 0.29) is 5.70 Å². The number of hydrogen-bond donors (Lipinski definition) is 1. The fraction of sp³-hybridized carbons (Fsp3) is 0.786. The summed E-state index contributed by atoms with van der Waals surface area (Å²) in [6.45, 7) is 8.04. The van der Waals surface area contributed by atoms with Crippen LogP contribution in [0.15, 0.2) is 12.3 Å². The van der Waals surface area contributed by atoms with Gasteiger partial charge in [0.2, 0.25) is 0 Å². The van der Waals surface area contributed by atoms with E-state index in [4.69, 9.17) is 5.73 Å². The summed E-state index contributed by atoms with van der Waals surface area (Å²) in [7, 11) is 0. The summed E-state index contributed by atoms with van der Waals surface area (Å²) in [5, 5.41) is 0. The first-order chi connectivity index (χ1) is 7.90. The van der Waals surface area contributed by atoms with Crippen molar-refractivity contribution in [1.82, 2.24) is 0 Å². The van der Waals surface area contributed by atoms with Crippen LogP contribution in [0, 0.1) is 23.2 Å². The third kappa shape index (κ3) is 1.74. The van der Waals surface area contributed by atoms with E-state index < -0.39 is 0 Å². The normalized spacial score (nSPS) is 49.0. The highest BCUT2D eigenvalue weighted by atomic mass is 32.2. The largest absolute Gasteiger partial charge is 0.397 e. The zero-order valence-corrected chi connectivity index (χ0v) is 11.8. The minimum Gasteiger partial charge on any atom is -0.397 e. The Morgan fingerprint density at radius 3 is 2.53 bits per heavy atom. The molecule has 2 N–H and O–H groups in total. The average Bonchev–Trinajstić information content (AvgIpc) is 2.86. The van der Waals surface area contributed by atoms with Crippen LogP contribution in [0.5, 0.6) is 0 Å². The molecule has 17 heavy (non-hydrogen) atoms. The lowest BCUT2D eigenvalue weighted by Crippen LogP contribution is -2.48. The average molecular weight is 253 g/mol. The van der Waals surface area contributed by atoms with E-state index in [0.29, 0.717) is 11.0 Å². The monoisotopic (exact) mass is 253 g/mol. The Balaban J connectivity index is 0.000000188. The molecule has 0 bridgehead atoms. The molecule has 5 atom stereocenters. The molecule has 3 aliphatic carbocycles. The maximum absolute atomic E-state index is 9.28. The zero-order valence-electron chi connectivity index (χ0n) is 11.0. The molecule has 0 aromatic carbocycles. The van der Waals surface area contributed by atoms with Gasteiger partial charge in [0, 0.05) is 4.75 Å². The third-order valence-electron chi connectivity index (χ3n) is 5.15. The minimum absolute atomic E-state index is 0.0741. The topological polar surface area (TPSA) is 43.1 Å². The first-order valence-electron chi connectivity index (χ1n) is 6.35. The van der Waals surface area contributed by atoms with E-state index in [1.807, 2.05) is 0 Å². The molecule has 3 rings (SSSR count). The summed E-state index contributed by atoms with van der Waals surface area (Å²) < 4.78 is 0.685. The molecule has 96 valence electrons. The Morgan fingerprint density at radius 1 is 1.47 bits per heavy atom. The Bertz CT molecular complexity index is 356. The number of nitrogens with two attached hydrogens (primary N) is 1. The molecule has 1 spiro atoms. The van der Waals surface area contributed by atoms with Crippen molar-refractivity contribution in [1.29, 1.82) is 0 Å². The van der Waals surface area contributed by atoms with Crippen molar-refractivity contribution in [3.05, 3.63) is 12.3 Å². The SMILES string of the molecule is C=C(N)C=O.CSC1(C)C2CC(C)CC23CC31. The summed E-state index contributed by atoms with van der Waals surface area (Å²) in [6, 6.07) is 0. The van der Waals surface area contributed by atoms with Crippen LogP contribution >= 0.6 is 11.8 Å². The highest BCUT2D eigenvalue weighted by Crippen LogP contribution is 2.85. The Hall–Kier alpha value is -0.440. The number of carbonyl (C=O) groups excluding carboxylic acids is 1. The van der Waals surface area contributed by atoms with Gasteiger partial charge >= 0.3 is 0 Å². The molecule has 0 radical (unpaired) electrons. The predicted molar refractivity (Wildman–Crippen MR) is 73.7 cm³/mol. The lowest BCUT2D eigenvalue weighted by atomic mass is 9.66. The van der Waals surface area contributed by atoms with Gasteiger partial charge in [0.15, 0.2) is 6.29 Å². The van der Waals surface area contributed by atoms with Gasteiger partial charge in [-0.15, -0.1) is 0 Å². The summed E-state index contributed by atoms with van der Waals surface area (Å²) in [5.74, 6) is 3.21. The molecule has 0 saturated heterocycles. The number of rotatable bonds is 2. The van der Waals surface area contributed by atoms with Crippen LogP contribution < -0.4 is 5.73 Å². The van der Waals surface area contributed by atoms with Crippen molar-refractivity contribution >= 4 is 18.0 Å². The van der Waals surface area contributed by atoms with Crippen LogP contribution in [0.2, 0.25) is 0 Å². The van der Waals surface area contributed by atoms with Crippen LogP contribution in [-0.4, -0.2) is 17.3 Å². The van der Waals surface area contributed by atoms with E-state index in [1.165, 1.54) is 6.42 Å². The molecular formula is C14H23NOS. The molecule has 0 heterocycles. The fourth-order valence-corrected chi connectivity index (χ4v) is 5.67. The van der Waals surface area contributed by atoms with Crippen molar-refractivity contribution in [2.24, 2.45) is 28.9 Å². The lowest BCUT2D eigenvalue weighted by Gasteiger charge is -2.49.